The molecule has 4 rings (SSSR count). The lowest BCUT2D eigenvalue weighted by Crippen LogP contribution is -2.73. The van der Waals surface area contributed by atoms with Crippen molar-refractivity contribution in [3.05, 3.63) is 0 Å². The first kappa shape index (κ1) is 20.3. The average Bonchev–Trinajstić information content (AvgIpc) is 2.88. The number of ether oxygens (including phenoxy) is 1. The molecule has 5 nitrogen and oxygen atoms in total. The number of hydrogen-bond donors (Lipinski definition) is 2. The van der Waals surface area contributed by atoms with Crippen molar-refractivity contribution in [1.29, 1.82) is 0 Å². The second-order valence-corrected chi connectivity index (χ2v) is 10.7. The SMILES string of the molecule is CC(=O)OC1CCC2(C)C(CCC3(O)C2CCC2(C)C(C(C)=O)CCC23O)C1. The Labute approximate surface area is 168 Å². The minimum Gasteiger partial charge on any atom is -0.463 e. The second-order valence-electron chi connectivity index (χ2n) is 10.7. The number of fused-ring (bicyclic) bond motifs is 5. The normalized spacial score (nSPS) is 52.9. The maximum Gasteiger partial charge on any atom is 0.302 e. The summed E-state index contributed by atoms with van der Waals surface area (Å²) in [6.45, 7) is 7.41. The molecule has 4 aliphatic rings. The largest absolute Gasteiger partial charge is 0.463 e. The van der Waals surface area contributed by atoms with Crippen molar-refractivity contribution in [3.63, 3.8) is 0 Å². The highest BCUT2D eigenvalue weighted by Gasteiger charge is 2.74. The predicted octanol–water partition coefficient (Wildman–Crippen LogP) is 3.40. The number of aliphatic hydroxyl groups is 2. The molecule has 0 radical (unpaired) electrons. The first-order chi connectivity index (χ1) is 13.0. The Morgan fingerprint density at radius 1 is 0.929 bits per heavy atom. The summed E-state index contributed by atoms with van der Waals surface area (Å²) < 4.78 is 5.50. The van der Waals surface area contributed by atoms with Gasteiger partial charge in [-0.15, -0.1) is 0 Å². The van der Waals surface area contributed by atoms with Crippen LogP contribution in [-0.4, -0.2) is 39.3 Å². The quantitative estimate of drug-likeness (QED) is 0.704. The van der Waals surface area contributed by atoms with Gasteiger partial charge in [0.1, 0.15) is 11.9 Å². The lowest BCUT2D eigenvalue weighted by Gasteiger charge is -2.67. The number of carbonyl (C=O) groups is 2. The molecule has 0 aliphatic heterocycles. The van der Waals surface area contributed by atoms with E-state index in [1.54, 1.807) is 6.92 Å². The van der Waals surface area contributed by atoms with Gasteiger partial charge in [-0.25, -0.2) is 0 Å². The Morgan fingerprint density at radius 2 is 1.64 bits per heavy atom. The number of ketones is 1. The van der Waals surface area contributed by atoms with Crippen LogP contribution < -0.4 is 0 Å². The summed E-state index contributed by atoms with van der Waals surface area (Å²) in [5.41, 5.74) is -2.93. The molecule has 0 aromatic rings. The summed E-state index contributed by atoms with van der Waals surface area (Å²) in [7, 11) is 0. The molecule has 0 amide bonds. The zero-order valence-corrected chi connectivity index (χ0v) is 17.8. The molecule has 4 saturated carbocycles. The Hall–Kier alpha value is -0.940. The van der Waals surface area contributed by atoms with Crippen molar-refractivity contribution < 1.29 is 24.5 Å². The van der Waals surface area contributed by atoms with Crippen LogP contribution >= 0.6 is 0 Å². The maximum absolute atomic E-state index is 12.3. The number of rotatable bonds is 2. The lowest BCUT2D eigenvalue weighted by atomic mass is 9.41. The highest BCUT2D eigenvalue weighted by Crippen LogP contribution is 2.70. The molecular formula is C23H36O5. The van der Waals surface area contributed by atoms with Crippen LogP contribution in [0.5, 0.6) is 0 Å². The molecule has 158 valence electrons. The van der Waals surface area contributed by atoms with Crippen molar-refractivity contribution in [2.75, 3.05) is 0 Å². The summed E-state index contributed by atoms with van der Waals surface area (Å²) in [6, 6.07) is 0. The van der Waals surface area contributed by atoms with Gasteiger partial charge in [0.2, 0.25) is 0 Å². The minimum absolute atomic E-state index is 0.0210. The first-order valence-electron chi connectivity index (χ1n) is 11.1. The molecule has 28 heavy (non-hydrogen) atoms. The standard InChI is InChI=1S/C23H36O5/c1-14(24)18-7-12-23(27)21(18,4)10-8-19-20(3)9-6-17(28-15(2)25)13-16(20)5-11-22(19,23)26/h16-19,26-27H,5-13H2,1-4H3. The number of esters is 1. The number of hydrogen-bond acceptors (Lipinski definition) is 5. The van der Waals surface area contributed by atoms with Crippen LogP contribution in [0.2, 0.25) is 0 Å². The molecule has 8 atom stereocenters. The van der Waals surface area contributed by atoms with Crippen LogP contribution in [0.15, 0.2) is 0 Å². The molecule has 0 heterocycles. The number of carbonyl (C=O) groups excluding carboxylic acids is 2. The second kappa shape index (κ2) is 6.28. The third-order valence-electron chi connectivity index (χ3n) is 9.73. The van der Waals surface area contributed by atoms with Gasteiger partial charge in [0.15, 0.2) is 0 Å². The van der Waals surface area contributed by atoms with E-state index < -0.39 is 16.6 Å². The molecule has 0 saturated heterocycles. The molecule has 4 aliphatic carbocycles. The lowest BCUT2D eigenvalue weighted by molar-refractivity contribution is -0.297. The van der Waals surface area contributed by atoms with Gasteiger partial charge in [0, 0.05) is 18.3 Å². The van der Waals surface area contributed by atoms with Gasteiger partial charge in [-0.2, -0.15) is 0 Å². The maximum atomic E-state index is 12.3. The van der Waals surface area contributed by atoms with E-state index in [9.17, 15) is 19.8 Å². The van der Waals surface area contributed by atoms with Crippen molar-refractivity contribution in [2.45, 2.75) is 103 Å². The van der Waals surface area contributed by atoms with Gasteiger partial charge in [-0.05, 0) is 82.0 Å². The highest BCUT2D eigenvalue weighted by atomic mass is 16.5. The first-order valence-corrected chi connectivity index (χ1v) is 11.1. The molecule has 0 bridgehead atoms. The van der Waals surface area contributed by atoms with Crippen molar-refractivity contribution in [1.82, 2.24) is 0 Å². The van der Waals surface area contributed by atoms with Crippen molar-refractivity contribution >= 4 is 11.8 Å². The highest BCUT2D eigenvalue weighted by molar-refractivity contribution is 5.80. The van der Waals surface area contributed by atoms with Gasteiger partial charge >= 0.3 is 5.97 Å². The third-order valence-corrected chi connectivity index (χ3v) is 9.73. The Morgan fingerprint density at radius 3 is 2.29 bits per heavy atom. The molecular weight excluding hydrogens is 356 g/mol. The fourth-order valence-electron chi connectivity index (χ4n) is 8.24. The molecule has 8 unspecified atom stereocenters. The van der Waals surface area contributed by atoms with Gasteiger partial charge in [-0.1, -0.05) is 13.8 Å². The average molecular weight is 393 g/mol. The van der Waals surface area contributed by atoms with Crippen molar-refractivity contribution in [3.8, 4) is 0 Å². The Balaban J connectivity index is 1.65. The topological polar surface area (TPSA) is 83.8 Å². The van der Waals surface area contributed by atoms with Gasteiger partial charge in [-0.3, -0.25) is 9.59 Å². The third kappa shape index (κ3) is 2.44. The summed E-state index contributed by atoms with van der Waals surface area (Å²) in [5.74, 6) is 0.189. The van der Waals surface area contributed by atoms with Gasteiger partial charge in [0.25, 0.3) is 0 Å². The van der Waals surface area contributed by atoms with Crippen LogP contribution in [0, 0.1) is 28.6 Å². The van der Waals surface area contributed by atoms with Crippen LogP contribution in [0.1, 0.15) is 85.5 Å². The minimum atomic E-state index is -1.19. The van der Waals surface area contributed by atoms with E-state index >= 15 is 0 Å². The van der Waals surface area contributed by atoms with Crippen LogP contribution in [0.3, 0.4) is 0 Å². The van der Waals surface area contributed by atoms with Crippen molar-refractivity contribution in [2.24, 2.45) is 28.6 Å². The van der Waals surface area contributed by atoms with Gasteiger partial charge < -0.3 is 14.9 Å². The molecule has 0 spiro atoms. The van der Waals surface area contributed by atoms with E-state index in [1.165, 1.54) is 6.92 Å². The zero-order valence-electron chi connectivity index (χ0n) is 17.8. The Bertz CT molecular complexity index is 690. The molecule has 5 heteroatoms. The van der Waals surface area contributed by atoms with E-state index in [0.29, 0.717) is 25.2 Å². The number of Topliss-reactive ketones (excluding diaryl/α,β-unsaturated/α-hetero) is 1. The van der Waals surface area contributed by atoms with E-state index in [-0.39, 0.29) is 35.1 Å². The summed E-state index contributed by atoms with van der Waals surface area (Å²) in [5, 5.41) is 24.0. The molecule has 4 fully saturated rings. The molecule has 0 aromatic carbocycles. The van der Waals surface area contributed by atoms with Crippen LogP contribution in [0.4, 0.5) is 0 Å². The fraction of sp³-hybridized carbons (Fsp3) is 0.913. The smallest absolute Gasteiger partial charge is 0.302 e. The molecule has 0 aromatic heterocycles. The summed E-state index contributed by atoms with van der Waals surface area (Å²) in [6.07, 6.45) is 6.80. The van der Waals surface area contributed by atoms with E-state index in [1.807, 2.05) is 6.92 Å². The summed E-state index contributed by atoms with van der Waals surface area (Å²) >= 11 is 0. The summed E-state index contributed by atoms with van der Waals surface area (Å²) in [4.78, 5) is 23.7. The van der Waals surface area contributed by atoms with Gasteiger partial charge in [0.05, 0.1) is 11.2 Å². The fourth-order valence-corrected chi connectivity index (χ4v) is 8.24. The monoisotopic (exact) mass is 392 g/mol. The van der Waals surface area contributed by atoms with E-state index in [0.717, 1.165) is 38.5 Å². The van der Waals surface area contributed by atoms with E-state index in [4.69, 9.17) is 4.74 Å². The zero-order chi connectivity index (χ0) is 20.5. The van der Waals surface area contributed by atoms with Crippen LogP contribution in [-0.2, 0) is 14.3 Å². The predicted molar refractivity (Wildman–Crippen MR) is 104 cm³/mol. The molecule has 2 N–H and O–H groups in total. The Kier molecular flexibility index (Phi) is 4.56. The van der Waals surface area contributed by atoms with Crippen LogP contribution in [0.25, 0.3) is 0 Å². The van der Waals surface area contributed by atoms with E-state index in [2.05, 4.69) is 6.92 Å².